The number of hydrogen-bond acceptors (Lipinski definition) is 4. The number of ether oxygens (including phenoxy) is 1. The van der Waals surface area contributed by atoms with E-state index in [1.807, 2.05) is 31.2 Å². The molecule has 0 aliphatic heterocycles. The van der Waals surface area contributed by atoms with E-state index >= 15 is 0 Å². The Morgan fingerprint density at radius 2 is 2.19 bits per heavy atom. The first kappa shape index (κ1) is 15.3. The van der Waals surface area contributed by atoms with Crippen molar-refractivity contribution in [2.24, 2.45) is 5.10 Å². The Labute approximate surface area is 125 Å². The number of nitrogens with zero attached hydrogens (tertiary/aromatic N) is 3. The third-order valence-electron chi connectivity index (χ3n) is 3.31. The van der Waals surface area contributed by atoms with Gasteiger partial charge in [0.1, 0.15) is 0 Å². The Morgan fingerprint density at radius 1 is 1.43 bits per heavy atom. The van der Waals surface area contributed by atoms with Gasteiger partial charge in [-0.1, -0.05) is 31.2 Å². The van der Waals surface area contributed by atoms with E-state index in [4.69, 9.17) is 10.5 Å². The number of nitrogens with two attached hydrogens (primary N) is 1. The third kappa shape index (κ3) is 4.16. The van der Waals surface area contributed by atoms with E-state index in [2.05, 4.69) is 23.9 Å². The van der Waals surface area contributed by atoms with Gasteiger partial charge < -0.3 is 10.5 Å². The standard InChI is InChI=1S/C16H22N4O/c1-4-13(3)21-11-15-8-6-5-7-14(15)9-18-20-10-12(2)19-16(20)17/h5-10,13H,4,11H2,1-3H3,(H2,17,19). The van der Waals surface area contributed by atoms with Gasteiger partial charge in [-0.15, -0.1) is 0 Å². The van der Waals surface area contributed by atoms with E-state index in [1.54, 1.807) is 17.1 Å². The lowest BCUT2D eigenvalue weighted by molar-refractivity contribution is 0.0508. The van der Waals surface area contributed by atoms with Gasteiger partial charge in [-0.25, -0.2) is 9.66 Å². The van der Waals surface area contributed by atoms with Gasteiger partial charge in [0.15, 0.2) is 0 Å². The second kappa shape index (κ2) is 7.04. The second-order valence-corrected chi connectivity index (χ2v) is 5.06. The number of benzene rings is 1. The summed E-state index contributed by atoms with van der Waals surface area (Å²) in [5.41, 5.74) is 8.75. The van der Waals surface area contributed by atoms with Crippen LogP contribution in [0.5, 0.6) is 0 Å². The first-order valence-corrected chi connectivity index (χ1v) is 7.15. The molecule has 21 heavy (non-hydrogen) atoms. The second-order valence-electron chi connectivity index (χ2n) is 5.06. The zero-order valence-electron chi connectivity index (χ0n) is 12.8. The Bertz CT molecular complexity index is 618. The summed E-state index contributed by atoms with van der Waals surface area (Å²) >= 11 is 0. The molecule has 0 aliphatic rings. The molecule has 1 unspecified atom stereocenters. The molecule has 1 heterocycles. The van der Waals surface area contributed by atoms with Crippen LogP contribution >= 0.6 is 0 Å². The SMILES string of the molecule is CCC(C)OCc1ccccc1C=Nn1cc(C)nc1N. The van der Waals surface area contributed by atoms with Crippen LogP contribution < -0.4 is 5.73 Å². The Morgan fingerprint density at radius 3 is 2.86 bits per heavy atom. The average molecular weight is 286 g/mol. The van der Waals surface area contributed by atoms with Crippen LogP contribution in [0.1, 0.15) is 37.1 Å². The summed E-state index contributed by atoms with van der Waals surface area (Å²) in [6, 6.07) is 8.05. The minimum Gasteiger partial charge on any atom is -0.374 e. The topological polar surface area (TPSA) is 65.4 Å². The summed E-state index contributed by atoms with van der Waals surface area (Å²) in [6.45, 7) is 6.65. The van der Waals surface area contributed by atoms with E-state index < -0.39 is 0 Å². The number of nitrogen functional groups attached to an aromatic ring is 1. The molecule has 2 rings (SSSR count). The van der Waals surface area contributed by atoms with Gasteiger partial charge in [0.05, 0.1) is 30.8 Å². The van der Waals surface area contributed by atoms with Crippen molar-refractivity contribution in [3.8, 4) is 0 Å². The minimum atomic E-state index is 0.252. The van der Waals surface area contributed by atoms with Crippen molar-refractivity contribution in [3.63, 3.8) is 0 Å². The summed E-state index contributed by atoms with van der Waals surface area (Å²) in [5, 5.41) is 4.35. The molecule has 0 saturated carbocycles. The van der Waals surface area contributed by atoms with Crippen molar-refractivity contribution in [2.75, 3.05) is 5.73 Å². The molecule has 2 aromatic rings. The van der Waals surface area contributed by atoms with E-state index in [0.29, 0.717) is 12.6 Å². The molecule has 1 aromatic heterocycles. The highest BCUT2D eigenvalue weighted by Crippen LogP contribution is 2.11. The number of aryl methyl sites for hydroxylation is 1. The molecule has 5 heteroatoms. The molecule has 112 valence electrons. The fraction of sp³-hybridized carbons (Fsp3) is 0.375. The first-order valence-electron chi connectivity index (χ1n) is 7.15. The lowest BCUT2D eigenvalue weighted by atomic mass is 10.1. The molecule has 0 amide bonds. The molecule has 0 radical (unpaired) electrons. The van der Waals surface area contributed by atoms with E-state index in [-0.39, 0.29) is 6.10 Å². The van der Waals surface area contributed by atoms with Crippen molar-refractivity contribution >= 4 is 12.2 Å². The maximum Gasteiger partial charge on any atom is 0.221 e. The number of anilines is 1. The molecule has 0 spiro atoms. The molecular formula is C16H22N4O. The van der Waals surface area contributed by atoms with Crippen LogP contribution in [0.4, 0.5) is 5.95 Å². The maximum absolute atomic E-state index is 5.79. The van der Waals surface area contributed by atoms with Crippen LogP contribution in [0.3, 0.4) is 0 Å². The van der Waals surface area contributed by atoms with Gasteiger partial charge in [0, 0.05) is 5.56 Å². The largest absolute Gasteiger partial charge is 0.374 e. The van der Waals surface area contributed by atoms with E-state index in [1.165, 1.54) is 0 Å². The Balaban J connectivity index is 2.14. The fourth-order valence-electron chi connectivity index (χ4n) is 1.86. The highest BCUT2D eigenvalue weighted by molar-refractivity contribution is 5.81. The van der Waals surface area contributed by atoms with Crippen molar-refractivity contribution in [3.05, 3.63) is 47.3 Å². The molecule has 2 N–H and O–H groups in total. The monoisotopic (exact) mass is 286 g/mol. The molecule has 0 bridgehead atoms. The van der Waals surface area contributed by atoms with Crippen LogP contribution in [-0.4, -0.2) is 22.0 Å². The van der Waals surface area contributed by atoms with Crippen LogP contribution in [-0.2, 0) is 11.3 Å². The normalized spacial score (nSPS) is 12.9. The van der Waals surface area contributed by atoms with E-state index in [0.717, 1.165) is 23.2 Å². The van der Waals surface area contributed by atoms with Crippen LogP contribution in [0.2, 0.25) is 0 Å². The predicted octanol–water partition coefficient (Wildman–Crippen LogP) is 2.97. The van der Waals surface area contributed by atoms with Gasteiger partial charge in [-0.05, 0) is 25.8 Å². The van der Waals surface area contributed by atoms with Gasteiger partial charge >= 0.3 is 0 Å². The highest BCUT2D eigenvalue weighted by atomic mass is 16.5. The maximum atomic E-state index is 5.79. The number of rotatable bonds is 6. The molecule has 1 aromatic carbocycles. The Kier molecular flexibility index (Phi) is 5.11. The van der Waals surface area contributed by atoms with Gasteiger partial charge in [-0.3, -0.25) is 0 Å². The van der Waals surface area contributed by atoms with Gasteiger partial charge in [0.25, 0.3) is 0 Å². The van der Waals surface area contributed by atoms with Crippen LogP contribution in [0.25, 0.3) is 0 Å². The van der Waals surface area contributed by atoms with E-state index in [9.17, 15) is 0 Å². The number of aromatic nitrogens is 2. The van der Waals surface area contributed by atoms with Crippen LogP contribution in [0.15, 0.2) is 35.6 Å². The summed E-state index contributed by atoms with van der Waals surface area (Å²) in [7, 11) is 0. The predicted molar refractivity (Wildman–Crippen MR) is 85.4 cm³/mol. The summed E-state index contributed by atoms with van der Waals surface area (Å²) in [6.07, 6.45) is 4.83. The molecular weight excluding hydrogens is 264 g/mol. The molecule has 5 nitrogen and oxygen atoms in total. The quantitative estimate of drug-likeness (QED) is 0.830. The van der Waals surface area contributed by atoms with Gasteiger partial charge in [-0.2, -0.15) is 5.10 Å². The molecule has 0 fully saturated rings. The minimum absolute atomic E-state index is 0.252. The molecule has 1 atom stereocenters. The Hall–Kier alpha value is -2.14. The lowest BCUT2D eigenvalue weighted by Crippen LogP contribution is -2.07. The highest BCUT2D eigenvalue weighted by Gasteiger charge is 2.04. The summed E-state index contributed by atoms with van der Waals surface area (Å²) in [4.78, 5) is 4.12. The summed E-state index contributed by atoms with van der Waals surface area (Å²) in [5.74, 6) is 0.386. The smallest absolute Gasteiger partial charge is 0.221 e. The zero-order chi connectivity index (χ0) is 15.2. The number of hydrogen-bond donors (Lipinski definition) is 1. The zero-order valence-corrected chi connectivity index (χ0v) is 12.8. The average Bonchev–Trinajstić information content (AvgIpc) is 2.81. The lowest BCUT2D eigenvalue weighted by Gasteiger charge is -2.12. The van der Waals surface area contributed by atoms with Crippen molar-refractivity contribution < 1.29 is 4.74 Å². The first-order chi connectivity index (χ1) is 10.1. The number of imidazole rings is 1. The van der Waals surface area contributed by atoms with Crippen molar-refractivity contribution in [1.29, 1.82) is 0 Å². The van der Waals surface area contributed by atoms with Crippen molar-refractivity contribution in [1.82, 2.24) is 9.66 Å². The van der Waals surface area contributed by atoms with Crippen LogP contribution in [0, 0.1) is 6.92 Å². The molecule has 0 saturated heterocycles. The van der Waals surface area contributed by atoms with Crippen molar-refractivity contribution in [2.45, 2.75) is 39.9 Å². The molecule has 0 aliphatic carbocycles. The van der Waals surface area contributed by atoms with Gasteiger partial charge in [0.2, 0.25) is 5.95 Å². The summed E-state index contributed by atoms with van der Waals surface area (Å²) < 4.78 is 7.36. The third-order valence-corrected chi connectivity index (χ3v) is 3.31. The fourth-order valence-corrected chi connectivity index (χ4v) is 1.86.